The molecule has 7 heteroatoms. The van der Waals surface area contributed by atoms with Crippen LogP contribution in [0, 0.1) is 0 Å². The summed E-state index contributed by atoms with van der Waals surface area (Å²) in [5.41, 5.74) is 2.89. The molecule has 0 spiro atoms. The van der Waals surface area contributed by atoms with Crippen molar-refractivity contribution in [3.63, 3.8) is 0 Å². The molecule has 3 aromatic rings. The van der Waals surface area contributed by atoms with Gasteiger partial charge in [0, 0.05) is 24.2 Å². The highest BCUT2D eigenvalue weighted by atomic mass is 35.5. The number of aromatic nitrogens is 2. The van der Waals surface area contributed by atoms with Crippen LogP contribution in [0.3, 0.4) is 0 Å². The average Bonchev–Trinajstić information content (AvgIpc) is 3.10. The number of rotatable bonds is 7. The van der Waals surface area contributed by atoms with Crippen LogP contribution >= 0.6 is 11.6 Å². The number of nitrogens with zero attached hydrogens (tertiary/aromatic N) is 2. The first-order valence-corrected chi connectivity index (χ1v) is 9.25. The molecule has 28 heavy (non-hydrogen) atoms. The van der Waals surface area contributed by atoms with Gasteiger partial charge in [-0.15, -0.1) is 0 Å². The Balaban J connectivity index is 1.80. The summed E-state index contributed by atoms with van der Waals surface area (Å²) in [6.45, 7) is -0.0433. The zero-order valence-electron chi connectivity index (χ0n) is 15.7. The Hall–Kier alpha value is -2.83. The van der Waals surface area contributed by atoms with Gasteiger partial charge in [-0.2, -0.15) is 5.10 Å². The minimum atomic E-state index is -0.322. The molecule has 0 fully saturated rings. The molecule has 1 amide bonds. The molecule has 0 saturated carbocycles. The Morgan fingerprint density at radius 3 is 2.50 bits per heavy atom. The van der Waals surface area contributed by atoms with E-state index in [0.717, 1.165) is 16.9 Å². The molecule has 6 nitrogen and oxygen atoms in total. The summed E-state index contributed by atoms with van der Waals surface area (Å²) in [7, 11) is 3.32. The van der Waals surface area contributed by atoms with Crippen LogP contribution in [0.15, 0.2) is 54.6 Å². The van der Waals surface area contributed by atoms with E-state index in [1.807, 2.05) is 36.4 Å². The number of aliphatic hydroxyl groups excluding tert-OH is 1. The maximum absolute atomic E-state index is 12.8. The van der Waals surface area contributed by atoms with Crippen molar-refractivity contribution in [1.82, 2.24) is 15.1 Å². The van der Waals surface area contributed by atoms with E-state index in [2.05, 4.69) is 10.4 Å². The van der Waals surface area contributed by atoms with Gasteiger partial charge in [0.2, 0.25) is 0 Å². The topological polar surface area (TPSA) is 76.4 Å². The number of halogens is 1. The molecule has 1 atom stereocenters. The van der Waals surface area contributed by atoms with E-state index >= 15 is 0 Å². The molecule has 3 rings (SSSR count). The van der Waals surface area contributed by atoms with Gasteiger partial charge in [-0.1, -0.05) is 35.9 Å². The number of hydrogen-bond acceptors (Lipinski definition) is 4. The average molecular weight is 400 g/mol. The fraction of sp³-hybridized carbons (Fsp3) is 0.238. The second-order valence-corrected chi connectivity index (χ2v) is 6.79. The number of aliphatic hydroxyl groups is 1. The number of carbonyl (C=O) groups excluding carboxylic acids is 1. The van der Waals surface area contributed by atoms with Crippen molar-refractivity contribution in [2.75, 3.05) is 13.7 Å². The fourth-order valence-electron chi connectivity index (χ4n) is 2.96. The molecule has 0 aliphatic rings. The number of nitrogens with one attached hydrogen (secondary N) is 1. The standard InChI is InChI=1S/C21H22ClN3O3/c1-25-20(13-19(24-25)15-3-7-16(22)8-4-15)21(27)23-18(11-12-26)14-5-9-17(28-2)10-6-14/h3-10,13,18,26H,11-12H2,1-2H3,(H,23,27). The van der Waals surface area contributed by atoms with Crippen molar-refractivity contribution >= 4 is 17.5 Å². The highest BCUT2D eigenvalue weighted by Gasteiger charge is 2.19. The van der Waals surface area contributed by atoms with Crippen LogP contribution in [0.4, 0.5) is 0 Å². The summed E-state index contributed by atoms with van der Waals surface area (Å²) in [6.07, 6.45) is 0.403. The fourth-order valence-corrected chi connectivity index (χ4v) is 3.09. The predicted molar refractivity (Wildman–Crippen MR) is 109 cm³/mol. The van der Waals surface area contributed by atoms with Crippen LogP contribution < -0.4 is 10.1 Å². The van der Waals surface area contributed by atoms with Crippen LogP contribution in [0.25, 0.3) is 11.3 Å². The Morgan fingerprint density at radius 1 is 1.21 bits per heavy atom. The Labute approximate surface area is 168 Å². The summed E-state index contributed by atoms with van der Waals surface area (Å²) in [4.78, 5) is 12.8. The van der Waals surface area contributed by atoms with Crippen molar-refractivity contribution in [1.29, 1.82) is 0 Å². The van der Waals surface area contributed by atoms with E-state index in [0.29, 0.717) is 22.8 Å². The predicted octanol–water partition coefficient (Wildman–Crippen LogP) is 3.60. The van der Waals surface area contributed by atoms with Crippen molar-refractivity contribution in [2.24, 2.45) is 7.05 Å². The third-order valence-corrected chi connectivity index (χ3v) is 4.75. The minimum Gasteiger partial charge on any atom is -0.497 e. The van der Waals surface area contributed by atoms with Crippen molar-refractivity contribution in [2.45, 2.75) is 12.5 Å². The molecule has 0 aliphatic carbocycles. The van der Waals surface area contributed by atoms with E-state index in [4.69, 9.17) is 16.3 Å². The van der Waals surface area contributed by atoms with Crippen molar-refractivity contribution in [3.8, 4) is 17.0 Å². The maximum atomic E-state index is 12.8. The van der Waals surface area contributed by atoms with E-state index in [1.54, 1.807) is 37.0 Å². The number of amides is 1. The van der Waals surface area contributed by atoms with Gasteiger partial charge in [-0.05, 0) is 42.3 Å². The minimum absolute atomic E-state index is 0.0433. The normalized spacial score (nSPS) is 11.9. The molecular formula is C21H22ClN3O3. The van der Waals surface area contributed by atoms with Crippen LogP contribution in [-0.2, 0) is 7.05 Å². The third kappa shape index (κ3) is 4.52. The second-order valence-electron chi connectivity index (χ2n) is 6.36. The van der Waals surface area contributed by atoms with Gasteiger partial charge in [0.05, 0.1) is 18.8 Å². The lowest BCUT2D eigenvalue weighted by Gasteiger charge is -2.18. The first kappa shape index (κ1) is 19.9. The van der Waals surface area contributed by atoms with Gasteiger partial charge in [-0.25, -0.2) is 0 Å². The van der Waals surface area contributed by atoms with Crippen LogP contribution in [0.1, 0.15) is 28.5 Å². The van der Waals surface area contributed by atoms with E-state index in [-0.39, 0.29) is 18.6 Å². The molecule has 1 aromatic heterocycles. The molecule has 0 radical (unpaired) electrons. The zero-order chi connectivity index (χ0) is 20.1. The van der Waals surface area contributed by atoms with E-state index in [1.165, 1.54) is 0 Å². The number of benzene rings is 2. The molecule has 146 valence electrons. The van der Waals surface area contributed by atoms with Gasteiger partial charge in [0.15, 0.2) is 0 Å². The van der Waals surface area contributed by atoms with Crippen LogP contribution in [0.2, 0.25) is 5.02 Å². The first-order chi connectivity index (χ1) is 13.5. The van der Waals surface area contributed by atoms with Gasteiger partial charge in [0.25, 0.3) is 5.91 Å². The highest BCUT2D eigenvalue weighted by molar-refractivity contribution is 6.30. The zero-order valence-corrected chi connectivity index (χ0v) is 16.5. The molecule has 0 aliphatic heterocycles. The van der Waals surface area contributed by atoms with E-state index in [9.17, 15) is 9.90 Å². The summed E-state index contributed by atoms with van der Waals surface area (Å²) in [5.74, 6) is 0.474. The van der Waals surface area contributed by atoms with Gasteiger partial charge >= 0.3 is 0 Å². The number of methoxy groups -OCH3 is 1. The van der Waals surface area contributed by atoms with Crippen molar-refractivity contribution in [3.05, 3.63) is 70.9 Å². The summed E-state index contributed by atoms with van der Waals surface area (Å²) in [6, 6.07) is 16.1. The SMILES string of the molecule is COc1ccc(C(CCO)NC(=O)c2cc(-c3ccc(Cl)cc3)nn2C)cc1. The summed E-state index contributed by atoms with van der Waals surface area (Å²) < 4.78 is 6.72. The molecule has 0 saturated heterocycles. The van der Waals surface area contributed by atoms with Gasteiger partial charge in [0.1, 0.15) is 11.4 Å². The lowest BCUT2D eigenvalue weighted by Crippen LogP contribution is -2.30. The lowest BCUT2D eigenvalue weighted by atomic mass is 10.0. The first-order valence-electron chi connectivity index (χ1n) is 8.87. The monoisotopic (exact) mass is 399 g/mol. The number of carbonyl (C=O) groups is 1. The van der Waals surface area contributed by atoms with Gasteiger partial charge < -0.3 is 15.2 Å². The summed E-state index contributed by atoms with van der Waals surface area (Å²) >= 11 is 5.93. The maximum Gasteiger partial charge on any atom is 0.270 e. The van der Waals surface area contributed by atoms with Crippen LogP contribution in [0.5, 0.6) is 5.75 Å². The second kappa shape index (κ2) is 8.91. The highest BCUT2D eigenvalue weighted by Crippen LogP contribution is 2.23. The Bertz CT molecular complexity index is 937. The lowest BCUT2D eigenvalue weighted by molar-refractivity contribution is 0.0920. The van der Waals surface area contributed by atoms with Crippen molar-refractivity contribution < 1.29 is 14.6 Å². The number of hydrogen-bond donors (Lipinski definition) is 2. The summed E-state index contributed by atoms with van der Waals surface area (Å²) in [5, 5.41) is 17.5. The molecule has 1 heterocycles. The number of ether oxygens (including phenoxy) is 1. The van der Waals surface area contributed by atoms with Gasteiger partial charge in [-0.3, -0.25) is 9.48 Å². The van der Waals surface area contributed by atoms with E-state index < -0.39 is 0 Å². The molecule has 2 aromatic carbocycles. The Kier molecular flexibility index (Phi) is 6.34. The quantitative estimate of drug-likeness (QED) is 0.636. The molecule has 2 N–H and O–H groups in total. The molecule has 0 bridgehead atoms. The Morgan fingerprint density at radius 2 is 1.89 bits per heavy atom. The molecular weight excluding hydrogens is 378 g/mol. The molecule has 1 unspecified atom stereocenters. The largest absolute Gasteiger partial charge is 0.497 e. The van der Waals surface area contributed by atoms with Crippen LogP contribution in [-0.4, -0.2) is 34.5 Å². The smallest absolute Gasteiger partial charge is 0.270 e. The number of aryl methyl sites for hydroxylation is 1. The third-order valence-electron chi connectivity index (χ3n) is 4.49.